The van der Waals surface area contributed by atoms with E-state index in [0.29, 0.717) is 59.6 Å². The van der Waals surface area contributed by atoms with Gasteiger partial charge in [0.2, 0.25) is 11.8 Å². The minimum atomic E-state index is -1.16. The highest BCUT2D eigenvalue weighted by Gasteiger charge is 2.36. The molecule has 0 unspecified atom stereocenters. The average molecular weight is 830 g/mol. The lowest BCUT2D eigenvalue weighted by Gasteiger charge is -2.32. The number of nitrogens with two attached hydrogens (primary N) is 3. The van der Waals surface area contributed by atoms with Gasteiger partial charge in [-0.1, -0.05) is 92.2 Å². The Kier molecular flexibility index (Phi) is 17.1. The number of rotatable bonds is 18. The molecule has 0 radical (unpaired) electrons. The van der Waals surface area contributed by atoms with Gasteiger partial charge in [-0.3, -0.25) is 24.0 Å². The lowest BCUT2D eigenvalue weighted by Crippen LogP contribution is -2.45. The zero-order chi connectivity index (χ0) is 43.9. The average Bonchev–Trinajstić information content (AvgIpc) is 3.26. The molecule has 0 saturated carbocycles. The topological polar surface area (TPSA) is 197 Å². The van der Waals surface area contributed by atoms with Gasteiger partial charge < -0.3 is 36.9 Å². The smallest absolute Gasteiger partial charge is 0.226 e. The highest BCUT2D eigenvalue weighted by molar-refractivity contribution is 6.00. The SMILES string of the molecule is CC(=O)[C@@H]1Cc2ccc(OCCN)c(c2)-c2cc(ccc2OCCN)[C@H](N(C)C(=O)[C@H](CCCCN)CC(=O)c2ccc(/C=C/c3ccccc3)cc2)C(=O)C[C@@H](C)C(=O)N1. The Balaban J connectivity index is 1.55. The van der Waals surface area contributed by atoms with Crippen LogP contribution in [0.5, 0.6) is 11.5 Å². The number of carbonyl (C=O) groups is 5. The first-order chi connectivity index (χ1) is 29.4. The highest BCUT2D eigenvalue weighted by atomic mass is 16.5. The van der Waals surface area contributed by atoms with E-state index in [-0.39, 0.29) is 63.0 Å². The summed E-state index contributed by atoms with van der Waals surface area (Å²) in [5.41, 5.74) is 22.4. The first-order valence-electron chi connectivity index (χ1n) is 21.0. The van der Waals surface area contributed by atoms with E-state index in [1.54, 1.807) is 50.4 Å². The molecule has 0 fully saturated rings. The van der Waals surface area contributed by atoms with Gasteiger partial charge >= 0.3 is 0 Å². The lowest BCUT2D eigenvalue weighted by molar-refractivity contribution is -0.142. The van der Waals surface area contributed by atoms with E-state index in [1.165, 1.54) is 11.8 Å². The Labute approximate surface area is 358 Å². The third-order valence-corrected chi connectivity index (χ3v) is 10.9. The quantitative estimate of drug-likeness (QED) is 0.0529. The van der Waals surface area contributed by atoms with Gasteiger partial charge in [-0.2, -0.15) is 0 Å². The van der Waals surface area contributed by atoms with Crippen LogP contribution in [0.25, 0.3) is 23.3 Å². The molecule has 322 valence electrons. The summed E-state index contributed by atoms with van der Waals surface area (Å²) in [6, 6.07) is 25.9. The second kappa shape index (κ2) is 22.6. The molecule has 1 aliphatic heterocycles. The van der Waals surface area contributed by atoms with Gasteiger partial charge in [0.25, 0.3) is 0 Å². The number of amides is 2. The minimum Gasteiger partial charge on any atom is -0.492 e. The van der Waals surface area contributed by atoms with Crippen LogP contribution in [-0.2, 0) is 25.6 Å². The second-order valence-corrected chi connectivity index (χ2v) is 15.6. The van der Waals surface area contributed by atoms with Crippen LogP contribution in [-0.4, -0.2) is 80.0 Å². The van der Waals surface area contributed by atoms with Crippen molar-refractivity contribution in [1.82, 2.24) is 10.2 Å². The van der Waals surface area contributed by atoms with E-state index in [4.69, 9.17) is 26.7 Å². The van der Waals surface area contributed by atoms with E-state index in [2.05, 4.69) is 5.32 Å². The maximum absolute atomic E-state index is 14.8. The van der Waals surface area contributed by atoms with Crippen molar-refractivity contribution >= 4 is 41.3 Å². The molecule has 4 atom stereocenters. The first-order valence-corrected chi connectivity index (χ1v) is 21.0. The van der Waals surface area contributed by atoms with Crippen molar-refractivity contribution in [3.63, 3.8) is 0 Å². The lowest BCUT2D eigenvalue weighted by atomic mass is 9.88. The van der Waals surface area contributed by atoms with E-state index < -0.39 is 35.6 Å². The number of benzene rings is 4. The van der Waals surface area contributed by atoms with E-state index in [9.17, 15) is 24.0 Å². The molecule has 0 saturated heterocycles. The Hall–Kier alpha value is -5.95. The normalized spacial score (nSPS) is 17.2. The van der Waals surface area contributed by atoms with Crippen LogP contribution in [0.2, 0.25) is 0 Å². The van der Waals surface area contributed by atoms with Crippen LogP contribution in [0.4, 0.5) is 0 Å². The van der Waals surface area contributed by atoms with Crippen LogP contribution in [0.15, 0.2) is 91.0 Å². The third-order valence-electron chi connectivity index (χ3n) is 10.9. The summed E-state index contributed by atoms with van der Waals surface area (Å²) >= 11 is 0. The van der Waals surface area contributed by atoms with E-state index in [0.717, 1.165) is 16.7 Å². The summed E-state index contributed by atoms with van der Waals surface area (Å²) in [5.74, 6) is -2.33. The maximum atomic E-state index is 14.8. The van der Waals surface area contributed by atoms with Crippen molar-refractivity contribution in [2.24, 2.45) is 29.0 Å². The number of nitrogens with zero attached hydrogens (tertiary/aromatic N) is 1. The standard InChI is InChI=1S/C49H59N5O7/c1-32-27-44(57)47(54(3)49(59)39(11-7-8-22-50)31-43(56)37-17-14-35(15-18-37)13-12-34-9-5-4-6-10-34)38-19-21-46(61-26-24-52)41(30-38)40-28-36(16-20-45(40)60-25-23-51)29-42(33(2)55)53-48(32)58/h4-6,9-10,12-21,28,30,32,39,42,47H,7-8,11,22-27,29,31,50-52H2,1-3H3,(H,53,58)/b13-12+/t32-,39-,42+,47+/m1/s1. The van der Waals surface area contributed by atoms with Gasteiger partial charge in [-0.15, -0.1) is 0 Å². The first kappa shape index (κ1) is 46.1. The van der Waals surface area contributed by atoms with Gasteiger partial charge in [0.1, 0.15) is 30.8 Å². The fourth-order valence-corrected chi connectivity index (χ4v) is 7.55. The fourth-order valence-electron chi connectivity index (χ4n) is 7.55. The summed E-state index contributed by atoms with van der Waals surface area (Å²) in [7, 11) is 1.56. The maximum Gasteiger partial charge on any atom is 0.226 e. The fraction of sp³-hybridized carbons (Fsp3) is 0.367. The predicted molar refractivity (Wildman–Crippen MR) is 239 cm³/mol. The monoisotopic (exact) mass is 829 g/mol. The number of ketones is 3. The highest BCUT2D eigenvalue weighted by Crippen LogP contribution is 2.41. The zero-order valence-electron chi connectivity index (χ0n) is 35.4. The van der Waals surface area contributed by atoms with E-state index in [1.807, 2.05) is 66.7 Å². The van der Waals surface area contributed by atoms with Gasteiger partial charge in [0.05, 0.1) is 6.04 Å². The molecule has 7 N–H and O–H groups in total. The van der Waals surface area contributed by atoms with Gasteiger partial charge in [0, 0.05) is 61.5 Å². The summed E-state index contributed by atoms with van der Waals surface area (Å²) in [6.07, 6.45) is 5.50. The number of Topliss-reactive ketones (excluding diaryl/α,β-unsaturated/α-hetero) is 3. The Morgan fingerprint density at radius 3 is 2.03 bits per heavy atom. The Morgan fingerprint density at radius 1 is 0.787 bits per heavy atom. The number of ether oxygens (including phenoxy) is 2. The Morgan fingerprint density at radius 2 is 1.41 bits per heavy atom. The predicted octanol–water partition coefficient (Wildman–Crippen LogP) is 5.94. The minimum absolute atomic E-state index is 0.0785. The number of unbranched alkanes of at least 4 members (excludes halogenated alkanes) is 1. The summed E-state index contributed by atoms with van der Waals surface area (Å²) < 4.78 is 12.2. The van der Waals surface area contributed by atoms with Gasteiger partial charge in [-0.25, -0.2) is 0 Å². The van der Waals surface area contributed by atoms with Crippen LogP contribution >= 0.6 is 0 Å². The number of nitrogens with one attached hydrogen (secondary N) is 1. The molecule has 12 nitrogen and oxygen atoms in total. The molecule has 4 bridgehead atoms. The molecule has 5 rings (SSSR count). The molecule has 1 aliphatic rings. The van der Waals surface area contributed by atoms with Gasteiger partial charge in [-0.05, 0) is 79.3 Å². The number of hydrogen-bond donors (Lipinski definition) is 4. The van der Waals surface area contributed by atoms with Crippen LogP contribution in [0.1, 0.15) is 84.6 Å². The second-order valence-electron chi connectivity index (χ2n) is 15.6. The van der Waals surface area contributed by atoms with Crippen molar-refractivity contribution in [2.75, 3.05) is 39.9 Å². The molecule has 0 spiro atoms. The van der Waals surface area contributed by atoms with Crippen molar-refractivity contribution in [3.05, 3.63) is 119 Å². The molecule has 12 heteroatoms. The molecule has 0 aromatic heterocycles. The third kappa shape index (κ3) is 12.5. The van der Waals surface area contributed by atoms with Crippen molar-refractivity contribution < 1.29 is 33.4 Å². The van der Waals surface area contributed by atoms with Gasteiger partial charge in [0.15, 0.2) is 17.3 Å². The zero-order valence-corrected chi connectivity index (χ0v) is 35.4. The summed E-state index contributed by atoms with van der Waals surface area (Å²) in [6.45, 7) is 4.38. The molecule has 4 aromatic rings. The molecule has 4 aromatic carbocycles. The summed E-state index contributed by atoms with van der Waals surface area (Å²) in [5, 5.41) is 2.85. The van der Waals surface area contributed by atoms with E-state index >= 15 is 0 Å². The van der Waals surface area contributed by atoms with Crippen LogP contribution in [0.3, 0.4) is 0 Å². The Bertz CT molecular complexity index is 2170. The molecule has 61 heavy (non-hydrogen) atoms. The van der Waals surface area contributed by atoms with Crippen molar-refractivity contribution in [1.29, 1.82) is 0 Å². The van der Waals surface area contributed by atoms with Crippen molar-refractivity contribution in [3.8, 4) is 22.6 Å². The van der Waals surface area contributed by atoms with Crippen LogP contribution < -0.4 is 32.0 Å². The number of fused-ring (bicyclic) bond motifs is 5. The number of likely N-dealkylation sites (N-methyl/N-ethyl adjacent to an activating group) is 1. The molecular formula is C49H59N5O7. The number of hydrogen-bond acceptors (Lipinski definition) is 10. The number of carbonyl (C=O) groups excluding carboxylic acids is 5. The molecule has 2 amide bonds. The molecule has 0 aliphatic carbocycles. The molecule has 1 heterocycles. The summed E-state index contributed by atoms with van der Waals surface area (Å²) in [4.78, 5) is 71.2. The largest absolute Gasteiger partial charge is 0.492 e. The molecular weight excluding hydrogens is 771 g/mol. The van der Waals surface area contributed by atoms with Crippen LogP contribution in [0, 0.1) is 11.8 Å². The van der Waals surface area contributed by atoms with Crippen molar-refractivity contribution in [2.45, 2.75) is 64.5 Å².